The molecule has 4 aliphatic rings. The Morgan fingerprint density at radius 3 is 2.27 bits per heavy atom. The molecule has 9 heteroatoms. The van der Waals surface area contributed by atoms with Crippen LogP contribution in [0.25, 0.3) is 0 Å². The van der Waals surface area contributed by atoms with E-state index in [4.69, 9.17) is 0 Å². The van der Waals surface area contributed by atoms with E-state index in [1.54, 1.807) is 0 Å². The second-order valence-electron chi connectivity index (χ2n) is 8.28. The molecule has 1 heterocycles. The van der Waals surface area contributed by atoms with E-state index in [9.17, 15) is 23.7 Å². The summed E-state index contributed by atoms with van der Waals surface area (Å²) in [5, 5.41) is 17.8. The molecule has 142 valence electrons. The molecule has 4 saturated carbocycles. The van der Waals surface area contributed by atoms with Gasteiger partial charge in [0.2, 0.25) is 11.6 Å². The normalized spacial score (nSPS) is 32.2. The summed E-state index contributed by atoms with van der Waals surface area (Å²) in [5.74, 6) is 1.69. The Kier molecular flexibility index (Phi) is 4.00. The molecule has 5 rings (SSSR count). The van der Waals surface area contributed by atoms with Crippen molar-refractivity contribution in [2.45, 2.75) is 64.0 Å². The average molecular weight is 368 g/mol. The molecule has 1 amide bonds. The molecule has 26 heavy (non-hydrogen) atoms. The molecular weight excluding hydrogens is 346 g/mol. The van der Waals surface area contributed by atoms with Gasteiger partial charge in [0.05, 0.1) is 4.92 Å². The molecule has 4 aliphatic carbocycles. The molecule has 0 aliphatic heterocycles. The van der Waals surface area contributed by atoms with Crippen molar-refractivity contribution >= 4 is 11.6 Å². The summed E-state index contributed by atoms with van der Waals surface area (Å²) in [6.45, 7) is 1.07. The van der Waals surface area contributed by atoms with Crippen LogP contribution in [0.5, 0.6) is 0 Å². The van der Waals surface area contributed by atoms with Gasteiger partial charge in [0, 0.05) is 5.54 Å². The number of carbonyl (C=O) groups is 1. The Hall–Kier alpha value is -2.06. The summed E-state index contributed by atoms with van der Waals surface area (Å²) < 4.78 is 27.1. The quantitative estimate of drug-likeness (QED) is 0.639. The monoisotopic (exact) mass is 368 g/mol. The van der Waals surface area contributed by atoms with E-state index < -0.39 is 22.7 Å². The van der Waals surface area contributed by atoms with E-state index in [-0.39, 0.29) is 23.7 Å². The zero-order valence-corrected chi connectivity index (χ0v) is 14.6. The van der Waals surface area contributed by atoms with Crippen molar-refractivity contribution in [3.63, 3.8) is 0 Å². The molecule has 1 N–H and O–H groups in total. The van der Waals surface area contributed by atoms with Crippen LogP contribution >= 0.6 is 0 Å². The highest BCUT2D eigenvalue weighted by molar-refractivity contribution is 5.77. The van der Waals surface area contributed by atoms with Gasteiger partial charge in [-0.25, -0.2) is 8.78 Å². The first-order valence-electron chi connectivity index (χ1n) is 9.07. The van der Waals surface area contributed by atoms with Gasteiger partial charge in [0.1, 0.15) is 12.2 Å². The maximum absolute atomic E-state index is 13.0. The molecule has 1 aromatic rings. The molecule has 0 spiro atoms. The van der Waals surface area contributed by atoms with Crippen LogP contribution in [-0.4, -0.2) is 26.1 Å². The highest BCUT2D eigenvalue weighted by Gasteiger charge is 2.51. The summed E-state index contributed by atoms with van der Waals surface area (Å²) >= 11 is 0. The first-order chi connectivity index (χ1) is 12.3. The molecule has 0 atom stereocenters. The Labute approximate surface area is 149 Å². The SMILES string of the molecule is Cc1c([N+](=O)[O-])c(C(F)F)nn1CC(=O)NC12CC3CC(CC(C3)C1)C2. The third-order valence-electron chi connectivity index (χ3n) is 6.33. The summed E-state index contributed by atoms with van der Waals surface area (Å²) in [7, 11) is 0. The van der Waals surface area contributed by atoms with Gasteiger partial charge < -0.3 is 5.32 Å². The number of hydrogen-bond donors (Lipinski definition) is 1. The lowest BCUT2D eigenvalue weighted by Crippen LogP contribution is -2.60. The van der Waals surface area contributed by atoms with Crippen LogP contribution in [0, 0.1) is 34.8 Å². The fourth-order valence-electron chi connectivity index (χ4n) is 5.82. The number of nitro groups is 1. The number of alkyl halides is 2. The molecule has 7 nitrogen and oxygen atoms in total. The number of aromatic nitrogens is 2. The van der Waals surface area contributed by atoms with Crippen molar-refractivity contribution in [1.82, 2.24) is 15.1 Å². The van der Waals surface area contributed by atoms with Crippen molar-refractivity contribution in [2.75, 3.05) is 0 Å². The van der Waals surface area contributed by atoms with Gasteiger partial charge in [-0.15, -0.1) is 0 Å². The predicted molar refractivity (Wildman–Crippen MR) is 87.6 cm³/mol. The minimum Gasteiger partial charge on any atom is -0.349 e. The van der Waals surface area contributed by atoms with Crippen LogP contribution in [0.4, 0.5) is 14.5 Å². The Bertz CT molecular complexity index is 726. The second kappa shape index (κ2) is 5.99. The predicted octanol–water partition coefficient (Wildman–Crippen LogP) is 3.12. The topological polar surface area (TPSA) is 90.1 Å². The molecule has 0 radical (unpaired) electrons. The number of nitrogens with zero attached hydrogens (tertiary/aromatic N) is 3. The fourth-order valence-corrected chi connectivity index (χ4v) is 5.82. The van der Waals surface area contributed by atoms with Crippen molar-refractivity contribution in [2.24, 2.45) is 17.8 Å². The molecule has 0 unspecified atom stereocenters. The molecule has 4 bridgehead atoms. The lowest BCUT2D eigenvalue weighted by molar-refractivity contribution is -0.386. The smallest absolute Gasteiger partial charge is 0.319 e. The summed E-state index contributed by atoms with van der Waals surface area (Å²) in [5.41, 5.74) is -1.80. The molecule has 1 aromatic heterocycles. The Balaban J connectivity index is 1.51. The van der Waals surface area contributed by atoms with Gasteiger partial charge >= 0.3 is 5.69 Å². The zero-order chi connectivity index (χ0) is 18.6. The maximum atomic E-state index is 13.0. The number of rotatable bonds is 5. The zero-order valence-electron chi connectivity index (χ0n) is 14.6. The molecule has 4 fully saturated rings. The van der Waals surface area contributed by atoms with Gasteiger partial charge in [-0.2, -0.15) is 5.10 Å². The summed E-state index contributed by atoms with van der Waals surface area (Å²) in [6.07, 6.45) is 3.62. The lowest BCUT2D eigenvalue weighted by atomic mass is 9.53. The van der Waals surface area contributed by atoms with Crippen molar-refractivity contribution in [3.05, 3.63) is 21.5 Å². The highest BCUT2D eigenvalue weighted by atomic mass is 19.3. The highest BCUT2D eigenvalue weighted by Crippen LogP contribution is 2.55. The van der Waals surface area contributed by atoms with Crippen molar-refractivity contribution < 1.29 is 18.5 Å². The van der Waals surface area contributed by atoms with Crippen molar-refractivity contribution in [1.29, 1.82) is 0 Å². The Morgan fingerprint density at radius 2 is 1.85 bits per heavy atom. The van der Waals surface area contributed by atoms with Crippen LogP contribution in [0.1, 0.15) is 56.3 Å². The first-order valence-corrected chi connectivity index (χ1v) is 9.07. The van der Waals surface area contributed by atoms with Crippen LogP contribution in [0.3, 0.4) is 0 Å². The summed E-state index contributed by atoms with van der Waals surface area (Å²) in [4.78, 5) is 22.8. The van der Waals surface area contributed by atoms with E-state index in [0.717, 1.165) is 23.9 Å². The van der Waals surface area contributed by atoms with Gasteiger partial charge in [-0.05, 0) is 63.2 Å². The van der Waals surface area contributed by atoms with Crippen LogP contribution in [-0.2, 0) is 11.3 Å². The van der Waals surface area contributed by atoms with E-state index in [1.807, 2.05) is 0 Å². The maximum Gasteiger partial charge on any atom is 0.319 e. The van der Waals surface area contributed by atoms with E-state index in [0.29, 0.717) is 17.8 Å². The first kappa shape index (κ1) is 17.4. The number of hydrogen-bond acceptors (Lipinski definition) is 4. The van der Waals surface area contributed by atoms with E-state index >= 15 is 0 Å². The third kappa shape index (κ3) is 2.87. The molecule has 0 saturated heterocycles. The van der Waals surface area contributed by atoms with Gasteiger partial charge in [-0.1, -0.05) is 0 Å². The number of nitrogens with one attached hydrogen (secondary N) is 1. The molecular formula is C17H22F2N4O3. The minimum absolute atomic E-state index is 0.0223. The van der Waals surface area contributed by atoms with Gasteiger partial charge in [-0.3, -0.25) is 19.6 Å². The van der Waals surface area contributed by atoms with Gasteiger partial charge in [0.25, 0.3) is 6.43 Å². The van der Waals surface area contributed by atoms with E-state index in [1.165, 1.54) is 26.2 Å². The lowest BCUT2D eigenvalue weighted by Gasteiger charge is -2.56. The summed E-state index contributed by atoms with van der Waals surface area (Å²) in [6, 6.07) is 0. The minimum atomic E-state index is -3.05. The van der Waals surface area contributed by atoms with Crippen molar-refractivity contribution in [3.8, 4) is 0 Å². The fraction of sp³-hybridized carbons (Fsp3) is 0.765. The number of amides is 1. The van der Waals surface area contributed by atoms with Crippen LogP contribution in [0.15, 0.2) is 0 Å². The van der Waals surface area contributed by atoms with E-state index in [2.05, 4.69) is 10.4 Å². The number of carbonyl (C=O) groups excluding carboxylic acids is 1. The third-order valence-corrected chi connectivity index (χ3v) is 6.33. The Morgan fingerprint density at radius 1 is 1.31 bits per heavy atom. The van der Waals surface area contributed by atoms with Crippen LogP contribution < -0.4 is 5.32 Å². The number of halogens is 2. The molecule has 0 aromatic carbocycles. The largest absolute Gasteiger partial charge is 0.349 e. The second-order valence-corrected chi connectivity index (χ2v) is 8.28. The van der Waals surface area contributed by atoms with Crippen LogP contribution in [0.2, 0.25) is 0 Å². The van der Waals surface area contributed by atoms with Gasteiger partial charge in [0.15, 0.2) is 0 Å². The standard InChI is InChI=1S/C17H22F2N4O3/c1-9-15(23(25)26)14(16(18)19)21-22(9)8-13(24)20-17-5-10-2-11(6-17)4-12(3-10)7-17/h10-12,16H,2-8H2,1H3,(H,20,24). The average Bonchev–Trinajstić information content (AvgIpc) is 2.82.